The monoisotopic (exact) mass is 493 g/mol. The number of allylic oxidation sites excluding steroid dienone is 1. The summed E-state index contributed by atoms with van der Waals surface area (Å²) in [7, 11) is 0. The van der Waals surface area contributed by atoms with Gasteiger partial charge in [0.1, 0.15) is 5.82 Å². The molecule has 6 rings (SSSR count). The van der Waals surface area contributed by atoms with Crippen molar-refractivity contribution in [2.75, 3.05) is 13.1 Å². The van der Waals surface area contributed by atoms with Crippen molar-refractivity contribution in [3.05, 3.63) is 113 Å². The van der Waals surface area contributed by atoms with Crippen LogP contribution in [-0.4, -0.2) is 18.1 Å². The number of nitrogens with one attached hydrogen (secondary N) is 2. The van der Waals surface area contributed by atoms with Crippen LogP contribution in [0.15, 0.2) is 79.1 Å². The molecule has 37 heavy (non-hydrogen) atoms. The van der Waals surface area contributed by atoms with Crippen molar-refractivity contribution in [2.24, 2.45) is 11.3 Å². The molecule has 2 aromatic carbocycles. The third kappa shape index (κ3) is 5.26. The minimum atomic E-state index is -0.192. The highest BCUT2D eigenvalue weighted by Gasteiger charge is 2.46. The highest BCUT2D eigenvalue weighted by molar-refractivity contribution is 5.83. The third-order valence-corrected chi connectivity index (χ3v) is 8.55. The second kappa shape index (κ2) is 10.3. The van der Waals surface area contributed by atoms with Gasteiger partial charge in [-0.3, -0.25) is 4.98 Å². The van der Waals surface area contributed by atoms with Gasteiger partial charge in [0, 0.05) is 48.7 Å². The quantitative estimate of drug-likeness (QED) is 0.358. The number of rotatable bonds is 8. The SMILES string of the molecule is C=C(NCc1ccc(C(=C2CC3(CNC3)C2)c2ccc(F)cc2)cc1)c1cncc(CC2CCCC2)c1. The predicted octanol–water partition coefficient (Wildman–Crippen LogP) is 6.90. The molecule has 3 aliphatic rings. The van der Waals surface area contributed by atoms with E-state index in [0.717, 1.165) is 55.1 Å². The minimum Gasteiger partial charge on any atom is -0.381 e. The molecule has 2 heterocycles. The van der Waals surface area contributed by atoms with Crippen molar-refractivity contribution < 1.29 is 4.39 Å². The van der Waals surface area contributed by atoms with Gasteiger partial charge >= 0.3 is 0 Å². The second-order valence-corrected chi connectivity index (χ2v) is 11.4. The zero-order valence-electron chi connectivity index (χ0n) is 21.5. The van der Waals surface area contributed by atoms with Gasteiger partial charge in [0.25, 0.3) is 0 Å². The molecule has 0 atom stereocenters. The summed E-state index contributed by atoms with van der Waals surface area (Å²) >= 11 is 0. The maximum atomic E-state index is 13.6. The summed E-state index contributed by atoms with van der Waals surface area (Å²) < 4.78 is 13.6. The number of nitrogens with zero attached hydrogens (tertiary/aromatic N) is 1. The fourth-order valence-electron chi connectivity index (χ4n) is 6.36. The van der Waals surface area contributed by atoms with Crippen molar-refractivity contribution in [1.29, 1.82) is 0 Å². The van der Waals surface area contributed by atoms with Gasteiger partial charge < -0.3 is 10.6 Å². The van der Waals surface area contributed by atoms with Gasteiger partial charge in [-0.25, -0.2) is 4.39 Å². The first-order chi connectivity index (χ1) is 18.1. The standard InChI is InChI=1S/C33H36FN3/c1-23(29-15-26(18-35-20-29)14-24-4-2-3-5-24)37-19-25-6-8-27(9-7-25)32(28-10-12-31(34)13-11-28)30-16-33(17-30)21-36-22-33/h6-13,15,18,20,24,36-37H,1-5,14,16-17,19,21-22H2. The van der Waals surface area contributed by atoms with Crippen LogP contribution in [0.1, 0.15) is 66.3 Å². The number of pyridine rings is 1. The van der Waals surface area contributed by atoms with Gasteiger partial charge in [0.2, 0.25) is 0 Å². The van der Waals surface area contributed by atoms with E-state index in [2.05, 4.69) is 52.5 Å². The summed E-state index contributed by atoms with van der Waals surface area (Å²) in [5.74, 6) is 0.615. The Bertz CT molecular complexity index is 1290. The highest BCUT2D eigenvalue weighted by atomic mass is 19.1. The molecule has 1 saturated heterocycles. The van der Waals surface area contributed by atoms with Crippen LogP contribution in [0, 0.1) is 17.2 Å². The van der Waals surface area contributed by atoms with E-state index in [1.54, 1.807) is 12.1 Å². The summed E-state index contributed by atoms with van der Waals surface area (Å²) in [6, 6.07) is 18.0. The summed E-state index contributed by atoms with van der Waals surface area (Å²) in [6.07, 6.45) is 12.7. The molecule has 3 fully saturated rings. The van der Waals surface area contributed by atoms with E-state index < -0.39 is 0 Å². The molecule has 0 unspecified atom stereocenters. The minimum absolute atomic E-state index is 0.192. The smallest absolute Gasteiger partial charge is 0.123 e. The van der Waals surface area contributed by atoms with Crippen molar-refractivity contribution in [3.63, 3.8) is 0 Å². The van der Waals surface area contributed by atoms with E-state index >= 15 is 0 Å². The lowest BCUT2D eigenvalue weighted by molar-refractivity contribution is 0.113. The summed E-state index contributed by atoms with van der Waals surface area (Å²) in [5, 5.41) is 6.92. The van der Waals surface area contributed by atoms with E-state index in [9.17, 15) is 4.39 Å². The third-order valence-electron chi connectivity index (χ3n) is 8.55. The molecule has 0 bridgehead atoms. The average Bonchev–Trinajstić information content (AvgIpc) is 3.38. The van der Waals surface area contributed by atoms with Crippen LogP contribution in [0.4, 0.5) is 4.39 Å². The van der Waals surface area contributed by atoms with Gasteiger partial charge in [-0.1, -0.05) is 74.2 Å². The van der Waals surface area contributed by atoms with Crippen LogP contribution in [0.5, 0.6) is 0 Å². The van der Waals surface area contributed by atoms with Crippen molar-refractivity contribution in [1.82, 2.24) is 15.6 Å². The number of benzene rings is 2. The van der Waals surface area contributed by atoms with Gasteiger partial charge in [0.15, 0.2) is 0 Å². The average molecular weight is 494 g/mol. The number of aromatic nitrogens is 1. The largest absolute Gasteiger partial charge is 0.381 e. The molecule has 1 aliphatic heterocycles. The molecule has 2 N–H and O–H groups in total. The Hall–Kier alpha value is -3.24. The molecule has 3 nitrogen and oxygen atoms in total. The molecule has 3 aromatic rings. The van der Waals surface area contributed by atoms with Gasteiger partial charge in [-0.05, 0) is 71.2 Å². The van der Waals surface area contributed by atoms with Gasteiger partial charge in [0.05, 0.1) is 0 Å². The molecule has 0 amide bonds. The summed E-state index contributed by atoms with van der Waals surface area (Å²) in [4.78, 5) is 4.49. The Morgan fingerprint density at radius 1 is 0.919 bits per heavy atom. The molecular formula is C33H36FN3. The summed E-state index contributed by atoms with van der Waals surface area (Å²) in [5.41, 5.74) is 10.0. The fourth-order valence-corrected chi connectivity index (χ4v) is 6.36. The van der Waals surface area contributed by atoms with Gasteiger partial charge in [-0.15, -0.1) is 0 Å². The zero-order chi connectivity index (χ0) is 25.2. The number of hydrogen-bond donors (Lipinski definition) is 2. The van der Waals surface area contributed by atoms with Crippen molar-refractivity contribution in [3.8, 4) is 0 Å². The highest BCUT2D eigenvalue weighted by Crippen LogP contribution is 2.51. The Morgan fingerprint density at radius 2 is 1.59 bits per heavy atom. The van der Waals surface area contributed by atoms with E-state index in [0.29, 0.717) is 12.0 Å². The lowest BCUT2D eigenvalue weighted by Gasteiger charge is -2.52. The lowest BCUT2D eigenvalue weighted by Crippen LogP contribution is -2.58. The Labute approximate surface area is 219 Å². The number of halogens is 1. The van der Waals surface area contributed by atoms with Crippen LogP contribution in [0.2, 0.25) is 0 Å². The number of hydrogen-bond acceptors (Lipinski definition) is 3. The lowest BCUT2D eigenvalue weighted by atomic mass is 9.60. The van der Waals surface area contributed by atoms with Crippen molar-refractivity contribution >= 4 is 11.3 Å². The summed E-state index contributed by atoms with van der Waals surface area (Å²) in [6.45, 7) is 7.22. The molecule has 190 valence electrons. The molecule has 1 spiro atoms. The molecule has 1 aromatic heterocycles. The van der Waals surface area contributed by atoms with E-state index in [1.165, 1.54) is 53.5 Å². The second-order valence-electron chi connectivity index (χ2n) is 11.4. The van der Waals surface area contributed by atoms with Crippen LogP contribution in [-0.2, 0) is 13.0 Å². The van der Waals surface area contributed by atoms with Crippen LogP contribution in [0.3, 0.4) is 0 Å². The Kier molecular flexibility index (Phi) is 6.69. The predicted molar refractivity (Wildman–Crippen MR) is 149 cm³/mol. The normalized spacial score (nSPS) is 18.4. The maximum absolute atomic E-state index is 13.6. The maximum Gasteiger partial charge on any atom is 0.123 e. The molecule has 0 radical (unpaired) electrons. The molecule has 4 heteroatoms. The van der Waals surface area contributed by atoms with Crippen LogP contribution in [0.25, 0.3) is 11.3 Å². The Morgan fingerprint density at radius 3 is 2.24 bits per heavy atom. The molecule has 2 aliphatic carbocycles. The van der Waals surface area contributed by atoms with Gasteiger partial charge in [-0.2, -0.15) is 0 Å². The zero-order valence-corrected chi connectivity index (χ0v) is 21.5. The topological polar surface area (TPSA) is 37.0 Å². The first-order valence-electron chi connectivity index (χ1n) is 13.7. The van der Waals surface area contributed by atoms with E-state index in [1.807, 2.05) is 24.5 Å². The molecule has 2 saturated carbocycles. The van der Waals surface area contributed by atoms with Crippen molar-refractivity contribution in [2.45, 2.75) is 51.5 Å². The van der Waals surface area contributed by atoms with Crippen LogP contribution < -0.4 is 10.6 Å². The molecular weight excluding hydrogens is 457 g/mol. The Balaban J connectivity index is 1.13. The van der Waals surface area contributed by atoms with E-state index in [4.69, 9.17) is 0 Å². The first-order valence-corrected chi connectivity index (χ1v) is 13.7. The fraction of sp³-hybridized carbons (Fsp3) is 0.364. The first kappa shape index (κ1) is 24.1. The van der Waals surface area contributed by atoms with Crippen LogP contribution >= 0.6 is 0 Å². The van der Waals surface area contributed by atoms with E-state index in [-0.39, 0.29) is 5.82 Å².